The number of H-pyrrole nitrogens is 1. The van der Waals surface area contributed by atoms with Gasteiger partial charge in [-0.05, 0) is 50.8 Å². The van der Waals surface area contributed by atoms with Crippen molar-refractivity contribution in [2.75, 3.05) is 10.6 Å². The van der Waals surface area contributed by atoms with E-state index in [0.29, 0.717) is 23.1 Å². The molecule has 2 heterocycles. The monoisotopic (exact) mass is 364 g/mol. The van der Waals surface area contributed by atoms with Gasteiger partial charge in [-0.15, -0.1) is 0 Å². The molecule has 1 aliphatic rings. The molecule has 0 radical (unpaired) electrons. The minimum Gasteiger partial charge on any atom is -0.308 e. The highest BCUT2D eigenvalue weighted by atomic mass is 16.2. The van der Waals surface area contributed by atoms with Crippen molar-refractivity contribution in [3.8, 4) is 5.95 Å². The quantitative estimate of drug-likeness (QED) is 0.664. The van der Waals surface area contributed by atoms with Gasteiger partial charge in [-0.2, -0.15) is 9.78 Å². The molecule has 2 aromatic heterocycles. The molecule has 1 aromatic carbocycles. The van der Waals surface area contributed by atoms with E-state index >= 15 is 0 Å². The molecule has 0 saturated heterocycles. The van der Waals surface area contributed by atoms with Crippen molar-refractivity contribution < 1.29 is 4.79 Å². The van der Waals surface area contributed by atoms with Crippen LogP contribution in [0.15, 0.2) is 35.1 Å². The Labute approximate surface area is 155 Å². The molecule has 0 bridgehead atoms. The molecule has 0 saturated carbocycles. The second-order valence-electron chi connectivity index (χ2n) is 6.70. The lowest BCUT2D eigenvalue weighted by Crippen LogP contribution is -2.23. The van der Waals surface area contributed by atoms with Crippen molar-refractivity contribution in [3.63, 3.8) is 0 Å². The number of aromatic amines is 1. The fourth-order valence-corrected chi connectivity index (χ4v) is 3.28. The summed E-state index contributed by atoms with van der Waals surface area (Å²) in [6.07, 6.45) is 2.46. The van der Waals surface area contributed by atoms with Crippen LogP contribution < -0.4 is 16.2 Å². The second kappa shape index (κ2) is 6.71. The van der Waals surface area contributed by atoms with Gasteiger partial charge in [-0.1, -0.05) is 12.1 Å². The normalized spacial score (nSPS) is 12.7. The van der Waals surface area contributed by atoms with Crippen LogP contribution in [0.1, 0.15) is 28.9 Å². The zero-order valence-corrected chi connectivity index (χ0v) is 15.2. The number of benzene rings is 1. The first-order valence-corrected chi connectivity index (χ1v) is 8.83. The van der Waals surface area contributed by atoms with Gasteiger partial charge in [0.25, 0.3) is 5.56 Å². The summed E-state index contributed by atoms with van der Waals surface area (Å²) in [5.41, 5.74) is 3.85. The van der Waals surface area contributed by atoms with Gasteiger partial charge in [-0.3, -0.25) is 15.1 Å². The number of fused-ring (bicyclic) bond motifs is 1. The maximum absolute atomic E-state index is 12.4. The number of carbonyl (C=O) groups excluding carboxylic acids is 1. The first-order valence-electron chi connectivity index (χ1n) is 8.83. The number of nitrogens with zero attached hydrogens (tertiary/aromatic N) is 3. The summed E-state index contributed by atoms with van der Waals surface area (Å²) in [4.78, 5) is 32.0. The van der Waals surface area contributed by atoms with Crippen molar-refractivity contribution in [1.29, 1.82) is 0 Å². The molecule has 27 heavy (non-hydrogen) atoms. The van der Waals surface area contributed by atoms with Gasteiger partial charge in [0.05, 0.1) is 11.4 Å². The Hall–Kier alpha value is -3.42. The third-order valence-corrected chi connectivity index (χ3v) is 4.48. The first kappa shape index (κ1) is 17.0. The topological polar surface area (TPSA) is 105 Å². The number of aromatic nitrogens is 4. The molecular formula is C19H20N6O2. The highest BCUT2D eigenvalue weighted by Gasteiger charge is 2.20. The van der Waals surface area contributed by atoms with Crippen LogP contribution in [-0.4, -0.2) is 25.8 Å². The van der Waals surface area contributed by atoms with Gasteiger partial charge >= 0.3 is 6.03 Å². The summed E-state index contributed by atoms with van der Waals surface area (Å²) in [6.45, 7) is 3.77. The van der Waals surface area contributed by atoms with Crippen molar-refractivity contribution in [3.05, 3.63) is 63.2 Å². The van der Waals surface area contributed by atoms with Crippen LogP contribution in [0.25, 0.3) is 5.95 Å². The first-order chi connectivity index (χ1) is 13.0. The van der Waals surface area contributed by atoms with Crippen molar-refractivity contribution in [2.45, 2.75) is 33.1 Å². The third kappa shape index (κ3) is 3.46. The molecule has 8 heteroatoms. The van der Waals surface area contributed by atoms with Crippen LogP contribution in [0.4, 0.5) is 16.3 Å². The Bertz CT molecular complexity index is 1080. The average molecular weight is 364 g/mol. The Morgan fingerprint density at radius 2 is 2.04 bits per heavy atom. The highest BCUT2D eigenvalue weighted by molar-refractivity contribution is 5.99. The van der Waals surface area contributed by atoms with Gasteiger partial charge < -0.3 is 5.32 Å². The van der Waals surface area contributed by atoms with Crippen LogP contribution in [0.5, 0.6) is 0 Å². The SMILES string of the molecule is Cc1cccc(NC(=O)Nc2cc(C)nn2-c2nc3c(c(=O)[nH]2)CCC3)c1. The second-order valence-corrected chi connectivity index (χ2v) is 6.70. The fourth-order valence-electron chi connectivity index (χ4n) is 3.28. The standard InChI is InChI=1S/C19H20N6O2/c1-11-5-3-6-13(9-11)20-19(27)22-16-10-12(2)24-25(16)18-21-15-8-4-7-14(15)17(26)23-18/h3,5-6,9-10H,4,7-8H2,1-2H3,(H2,20,22,27)(H,21,23,26). The van der Waals surface area contributed by atoms with Crippen LogP contribution in [0.2, 0.25) is 0 Å². The number of hydrogen-bond donors (Lipinski definition) is 3. The molecule has 0 fully saturated rings. The lowest BCUT2D eigenvalue weighted by Gasteiger charge is -2.10. The molecule has 1 aliphatic carbocycles. The van der Waals surface area contributed by atoms with E-state index in [1.54, 1.807) is 6.07 Å². The van der Waals surface area contributed by atoms with Crippen molar-refractivity contribution in [2.24, 2.45) is 0 Å². The van der Waals surface area contributed by atoms with E-state index in [-0.39, 0.29) is 5.56 Å². The number of anilines is 2. The number of urea groups is 1. The Morgan fingerprint density at radius 1 is 1.19 bits per heavy atom. The smallest absolute Gasteiger partial charge is 0.308 e. The zero-order valence-electron chi connectivity index (χ0n) is 15.2. The summed E-state index contributed by atoms with van der Waals surface area (Å²) in [5, 5.41) is 9.93. The number of amides is 2. The molecule has 0 aliphatic heterocycles. The van der Waals surface area contributed by atoms with E-state index in [9.17, 15) is 9.59 Å². The molecule has 8 nitrogen and oxygen atoms in total. The van der Waals surface area contributed by atoms with Crippen molar-refractivity contribution in [1.82, 2.24) is 19.7 Å². The lowest BCUT2D eigenvalue weighted by molar-refractivity contribution is 0.262. The summed E-state index contributed by atoms with van der Waals surface area (Å²) in [7, 11) is 0. The molecule has 0 atom stereocenters. The minimum absolute atomic E-state index is 0.143. The third-order valence-electron chi connectivity index (χ3n) is 4.48. The fraction of sp³-hybridized carbons (Fsp3) is 0.263. The number of nitrogens with one attached hydrogen (secondary N) is 3. The van der Waals surface area contributed by atoms with Crippen LogP contribution >= 0.6 is 0 Å². The minimum atomic E-state index is -0.398. The van der Waals surface area contributed by atoms with E-state index in [0.717, 1.165) is 36.1 Å². The molecule has 0 unspecified atom stereocenters. The van der Waals surface area contributed by atoms with E-state index in [1.807, 2.05) is 38.1 Å². The molecular weight excluding hydrogens is 344 g/mol. The van der Waals surface area contributed by atoms with E-state index < -0.39 is 6.03 Å². The maximum atomic E-state index is 12.4. The molecule has 3 aromatic rings. The predicted octanol–water partition coefficient (Wildman–Crippen LogP) is 2.71. The predicted molar refractivity (Wildman–Crippen MR) is 103 cm³/mol. The molecule has 138 valence electrons. The van der Waals surface area contributed by atoms with Crippen LogP contribution in [0.3, 0.4) is 0 Å². The summed E-state index contributed by atoms with van der Waals surface area (Å²) in [6, 6.07) is 8.85. The Kier molecular flexibility index (Phi) is 4.23. The van der Waals surface area contributed by atoms with Gasteiger partial charge in [-0.25, -0.2) is 9.78 Å². The number of carbonyl (C=O) groups is 1. The molecule has 2 amide bonds. The van der Waals surface area contributed by atoms with Crippen molar-refractivity contribution >= 4 is 17.5 Å². The Morgan fingerprint density at radius 3 is 2.85 bits per heavy atom. The van der Waals surface area contributed by atoms with Crippen LogP contribution in [-0.2, 0) is 12.8 Å². The number of hydrogen-bond acceptors (Lipinski definition) is 4. The number of rotatable bonds is 3. The average Bonchev–Trinajstić information content (AvgIpc) is 3.21. The largest absolute Gasteiger partial charge is 0.324 e. The van der Waals surface area contributed by atoms with Gasteiger partial charge in [0, 0.05) is 17.3 Å². The number of aryl methyl sites for hydroxylation is 3. The molecule has 0 spiro atoms. The van der Waals surface area contributed by atoms with Gasteiger partial charge in [0.15, 0.2) is 0 Å². The van der Waals surface area contributed by atoms with Crippen LogP contribution in [0, 0.1) is 13.8 Å². The summed E-state index contributed by atoms with van der Waals surface area (Å²) >= 11 is 0. The maximum Gasteiger partial charge on any atom is 0.324 e. The Balaban J connectivity index is 1.61. The molecule has 3 N–H and O–H groups in total. The summed E-state index contributed by atoms with van der Waals surface area (Å²) < 4.78 is 1.45. The summed E-state index contributed by atoms with van der Waals surface area (Å²) in [5.74, 6) is 0.735. The van der Waals surface area contributed by atoms with E-state index in [2.05, 4.69) is 25.7 Å². The lowest BCUT2D eigenvalue weighted by atomic mass is 10.2. The molecule has 4 rings (SSSR count). The van der Waals surface area contributed by atoms with Gasteiger partial charge in [0.2, 0.25) is 5.95 Å². The van der Waals surface area contributed by atoms with E-state index in [1.165, 1.54) is 4.68 Å². The van der Waals surface area contributed by atoms with Gasteiger partial charge in [0.1, 0.15) is 5.82 Å². The van der Waals surface area contributed by atoms with E-state index in [4.69, 9.17) is 0 Å². The highest BCUT2D eigenvalue weighted by Crippen LogP contribution is 2.19. The zero-order chi connectivity index (χ0) is 19.0.